The van der Waals surface area contributed by atoms with Crippen LogP contribution in [0.15, 0.2) is 60.8 Å². The van der Waals surface area contributed by atoms with Crippen molar-refractivity contribution in [2.75, 3.05) is 24.4 Å². The van der Waals surface area contributed by atoms with Crippen molar-refractivity contribution in [3.05, 3.63) is 77.5 Å². The molecule has 2 N–H and O–H groups in total. The highest BCUT2D eigenvalue weighted by Gasteiger charge is 2.42. The zero-order valence-corrected chi connectivity index (χ0v) is 21.4. The van der Waals surface area contributed by atoms with E-state index in [9.17, 15) is 9.59 Å². The molecule has 8 nitrogen and oxygen atoms in total. The number of amides is 2. The maximum absolute atomic E-state index is 13.0. The number of anilines is 2. The van der Waals surface area contributed by atoms with Gasteiger partial charge in [0.1, 0.15) is 17.3 Å². The first-order valence-corrected chi connectivity index (χ1v) is 12.6. The first-order valence-electron chi connectivity index (χ1n) is 12.6. The summed E-state index contributed by atoms with van der Waals surface area (Å²) in [5.41, 5.74) is 2.66. The van der Waals surface area contributed by atoms with Crippen molar-refractivity contribution < 1.29 is 19.1 Å². The van der Waals surface area contributed by atoms with Crippen LogP contribution in [0.2, 0.25) is 0 Å². The summed E-state index contributed by atoms with van der Waals surface area (Å²) in [6, 6.07) is 17.3. The van der Waals surface area contributed by atoms with E-state index in [1.165, 1.54) is 0 Å². The molecule has 0 saturated carbocycles. The number of nitrogens with one attached hydrogen (secondary N) is 2. The lowest BCUT2D eigenvalue weighted by Gasteiger charge is -2.40. The van der Waals surface area contributed by atoms with E-state index in [2.05, 4.69) is 20.5 Å². The van der Waals surface area contributed by atoms with Crippen LogP contribution in [0.25, 0.3) is 0 Å². The molecule has 2 bridgehead atoms. The van der Waals surface area contributed by atoms with Crippen LogP contribution in [0.5, 0.6) is 11.5 Å². The molecular weight excluding hydrogens is 468 g/mol. The van der Waals surface area contributed by atoms with Gasteiger partial charge >= 0.3 is 0 Å². The Hall–Kier alpha value is -4.07. The molecular formula is C29H32N4O4. The molecule has 2 aromatic carbocycles. The number of hydrogen-bond acceptors (Lipinski definition) is 6. The number of pyridine rings is 1. The number of ether oxygens (including phenoxy) is 2. The number of carbonyl (C=O) groups excluding carboxylic acids is 2. The zero-order chi connectivity index (χ0) is 25.9. The summed E-state index contributed by atoms with van der Waals surface area (Å²) in [5, 5.41) is 6.14. The molecule has 2 amide bonds. The average Bonchev–Trinajstić information content (AvgIpc) is 3.18. The van der Waals surface area contributed by atoms with Crippen LogP contribution in [0.1, 0.15) is 52.0 Å². The average molecular weight is 501 g/mol. The van der Waals surface area contributed by atoms with Crippen LogP contribution < -0.4 is 25.0 Å². The van der Waals surface area contributed by atoms with Crippen molar-refractivity contribution in [3.63, 3.8) is 0 Å². The van der Waals surface area contributed by atoms with Gasteiger partial charge in [0.15, 0.2) is 0 Å². The van der Waals surface area contributed by atoms with Crippen LogP contribution in [-0.4, -0.2) is 49.1 Å². The van der Waals surface area contributed by atoms with E-state index in [4.69, 9.17) is 9.47 Å². The molecule has 3 heterocycles. The second kappa shape index (κ2) is 10.5. The molecule has 192 valence electrons. The predicted molar refractivity (Wildman–Crippen MR) is 143 cm³/mol. The third-order valence-electron chi connectivity index (χ3n) is 7.42. The minimum atomic E-state index is -0.218. The first-order chi connectivity index (χ1) is 18.0. The molecule has 2 unspecified atom stereocenters. The van der Waals surface area contributed by atoms with E-state index in [-0.39, 0.29) is 17.9 Å². The van der Waals surface area contributed by atoms with Gasteiger partial charge in [0.05, 0.1) is 19.8 Å². The Morgan fingerprint density at radius 3 is 2.38 bits per heavy atom. The molecule has 2 fully saturated rings. The van der Waals surface area contributed by atoms with Crippen molar-refractivity contribution in [1.29, 1.82) is 0 Å². The van der Waals surface area contributed by atoms with Crippen molar-refractivity contribution in [2.24, 2.45) is 0 Å². The minimum Gasteiger partial charge on any atom is -0.497 e. The van der Waals surface area contributed by atoms with Crippen LogP contribution >= 0.6 is 0 Å². The van der Waals surface area contributed by atoms with E-state index in [1.54, 1.807) is 26.5 Å². The lowest BCUT2D eigenvalue weighted by Crippen LogP contribution is -2.50. The number of benzene rings is 2. The lowest BCUT2D eigenvalue weighted by atomic mass is 9.96. The fourth-order valence-corrected chi connectivity index (χ4v) is 5.59. The molecule has 2 aliphatic heterocycles. The monoisotopic (exact) mass is 500 g/mol. The second-order valence-electron chi connectivity index (χ2n) is 9.66. The van der Waals surface area contributed by atoms with Gasteiger partial charge in [-0.3, -0.25) is 9.59 Å². The van der Waals surface area contributed by atoms with Crippen molar-refractivity contribution in [1.82, 2.24) is 10.3 Å². The first kappa shape index (κ1) is 24.6. The number of rotatable bonds is 7. The quantitative estimate of drug-likeness (QED) is 0.493. The molecule has 2 atom stereocenters. The molecule has 0 radical (unpaired) electrons. The maximum Gasteiger partial charge on any atom is 0.257 e. The Labute approximate surface area is 217 Å². The summed E-state index contributed by atoms with van der Waals surface area (Å²) in [5.74, 6) is 2.00. The van der Waals surface area contributed by atoms with Crippen molar-refractivity contribution in [3.8, 4) is 11.5 Å². The molecule has 5 rings (SSSR count). The van der Waals surface area contributed by atoms with Gasteiger partial charge in [-0.25, -0.2) is 4.98 Å². The maximum atomic E-state index is 13.0. The zero-order valence-electron chi connectivity index (χ0n) is 21.4. The summed E-state index contributed by atoms with van der Waals surface area (Å²) >= 11 is 0. The molecule has 8 heteroatoms. The highest BCUT2D eigenvalue weighted by molar-refractivity contribution is 6.04. The van der Waals surface area contributed by atoms with Crippen LogP contribution in [0.4, 0.5) is 11.5 Å². The fourth-order valence-electron chi connectivity index (χ4n) is 5.59. The second-order valence-corrected chi connectivity index (χ2v) is 9.66. The summed E-state index contributed by atoms with van der Waals surface area (Å²) in [6.45, 7) is 1.91. The summed E-state index contributed by atoms with van der Waals surface area (Å²) in [6.07, 6.45) is 5.49. The van der Waals surface area contributed by atoms with Gasteiger partial charge in [-0.2, -0.15) is 0 Å². The fraction of sp³-hybridized carbons (Fsp3) is 0.345. The summed E-state index contributed by atoms with van der Waals surface area (Å²) in [4.78, 5) is 32.7. The Bertz CT molecular complexity index is 1280. The van der Waals surface area contributed by atoms with Gasteiger partial charge in [-0.05, 0) is 69.0 Å². The Morgan fingerprint density at radius 2 is 1.70 bits per heavy atom. The number of hydrogen-bond donors (Lipinski definition) is 2. The Balaban J connectivity index is 1.22. The van der Waals surface area contributed by atoms with Gasteiger partial charge in [0, 0.05) is 47.2 Å². The van der Waals surface area contributed by atoms with E-state index in [1.807, 2.05) is 55.5 Å². The van der Waals surface area contributed by atoms with E-state index in [0.29, 0.717) is 40.4 Å². The largest absolute Gasteiger partial charge is 0.497 e. The lowest BCUT2D eigenvalue weighted by molar-refractivity contribution is 0.0925. The normalized spacial score (nSPS) is 20.3. The number of methoxy groups -OCH3 is 2. The Kier molecular flexibility index (Phi) is 6.99. The van der Waals surface area contributed by atoms with E-state index >= 15 is 0 Å². The van der Waals surface area contributed by atoms with Crippen LogP contribution in [0.3, 0.4) is 0 Å². The van der Waals surface area contributed by atoms with Crippen molar-refractivity contribution >= 4 is 23.3 Å². The SMILES string of the molecule is COc1cccc(NC(=O)c2ccc(N3C4CCC3CC(NC(=O)c3cccc(OC)c3C)C4)nc2)c1. The van der Waals surface area contributed by atoms with E-state index < -0.39 is 0 Å². The molecule has 2 aliphatic rings. The molecule has 2 saturated heterocycles. The third kappa shape index (κ3) is 5.09. The van der Waals surface area contributed by atoms with Gasteiger partial charge in [-0.15, -0.1) is 0 Å². The molecule has 0 aliphatic carbocycles. The molecule has 0 spiro atoms. The number of carbonyl (C=O) groups is 2. The van der Waals surface area contributed by atoms with Gasteiger partial charge in [0.25, 0.3) is 11.8 Å². The van der Waals surface area contributed by atoms with Crippen LogP contribution in [0, 0.1) is 6.92 Å². The highest BCUT2D eigenvalue weighted by Crippen LogP contribution is 2.38. The Morgan fingerprint density at radius 1 is 0.946 bits per heavy atom. The predicted octanol–water partition coefficient (Wildman–Crippen LogP) is 4.59. The highest BCUT2D eigenvalue weighted by atomic mass is 16.5. The van der Waals surface area contributed by atoms with Gasteiger partial charge in [0.2, 0.25) is 0 Å². The third-order valence-corrected chi connectivity index (χ3v) is 7.42. The van der Waals surface area contributed by atoms with E-state index in [0.717, 1.165) is 37.1 Å². The topological polar surface area (TPSA) is 92.8 Å². The summed E-state index contributed by atoms with van der Waals surface area (Å²) in [7, 11) is 3.21. The number of nitrogens with zero attached hydrogens (tertiary/aromatic N) is 2. The van der Waals surface area contributed by atoms with Crippen LogP contribution in [-0.2, 0) is 0 Å². The van der Waals surface area contributed by atoms with Gasteiger partial charge < -0.3 is 25.0 Å². The number of aromatic nitrogens is 1. The minimum absolute atomic E-state index is 0.0567. The molecule has 3 aromatic rings. The molecule has 37 heavy (non-hydrogen) atoms. The molecule has 1 aromatic heterocycles. The van der Waals surface area contributed by atoms with Crippen molar-refractivity contribution in [2.45, 2.75) is 50.7 Å². The van der Waals surface area contributed by atoms with Gasteiger partial charge in [-0.1, -0.05) is 12.1 Å². The smallest absolute Gasteiger partial charge is 0.257 e. The number of piperidine rings is 1. The number of fused-ring (bicyclic) bond motifs is 2. The summed E-state index contributed by atoms with van der Waals surface area (Å²) < 4.78 is 10.6. The standard InChI is InChI=1S/C29H32N4O4/c1-18-25(8-5-9-26(18)37-3)29(35)32-21-14-22-11-12-23(15-21)33(22)27-13-10-19(17-30-27)28(34)31-20-6-4-7-24(16-20)36-2/h4-10,13,16-17,21-23H,11-12,14-15H2,1-3H3,(H,31,34)(H,32,35).